The lowest BCUT2D eigenvalue weighted by Crippen LogP contribution is -2.26. The van der Waals surface area contributed by atoms with Crippen molar-refractivity contribution in [3.05, 3.63) is 52.6 Å². The second-order valence-electron chi connectivity index (χ2n) is 5.31. The van der Waals surface area contributed by atoms with Crippen molar-refractivity contribution < 1.29 is 19.0 Å². The highest BCUT2D eigenvalue weighted by Gasteiger charge is 2.38. The van der Waals surface area contributed by atoms with E-state index >= 15 is 0 Å². The molecule has 0 saturated carbocycles. The third-order valence-corrected chi connectivity index (χ3v) is 3.84. The zero-order valence-electron chi connectivity index (χ0n) is 14.7. The number of hydrogen-bond acceptors (Lipinski definition) is 6. The Hall–Kier alpha value is -2.94. The number of nitrogens with two attached hydrogens (primary N) is 1. The van der Waals surface area contributed by atoms with E-state index in [9.17, 15) is 10.1 Å². The standard InChI is InChI=1S/C19H22N2O4/c1-4-14-17(19(22)24-6-3)16(13(11-20)18(21)25-14)12-9-7-8-10-15(12)23-5-2/h7-10,16H,4-6,21H2,1-3H3. The zero-order valence-corrected chi connectivity index (χ0v) is 14.7. The molecule has 0 aliphatic carbocycles. The molecule has 25 heavy (non-hydrogen) atoms. The van der Waals surface area contributed by atoms with Crippen LogP contribution < -0.4 is 10.5 Å². The van der Waals surface area contributed by atoms with Crippen molar-refractivity contribution in [2.45, 2.75) is 33.1 Å². The van der Waals surface area contributed by atoms with Crippen LogP contribution in [0.5, 0.6) is 5.75 Å². The van der Waals surface area contributed by atoms with Crippen molar-refractivity contribution in [3.63, 3.8) is 0 Å². The van der Waals surface area contributed by atoms with Gasteiger partial charge in [0.25, 0.3) is 0 Å². The number of benzene rings is 1. The van der Waals surface area contributed by atoms with Gasteiger partial charge in [-0.2, -0.15) is 5.26 Å². The monoisotopic (exact) mass is 342 g/mol. The number of nitrogens with zero attached hydrogens (tertiary/aromatic N) is 1. The second-order valence-corrected chi connectivity index (χ2v) is 5.31. The second kappa shape index (κ2) is 8.25. The first kappa shape index (κ1) is 18.4. The molecule has 0 saturated heterocycles. The minimum atomic E-state index is -0.685. The van der Waals surface area contributed by atoms with Crippen molar-refractivity contribution in [1.29, 1.82) is 5.26 Å². The van der Waals surface area contributed by atoms with E-state index in [0.29, 0.717) is 35.7 Å². The van der Waals surface area contributed by atoms with Gasteiger partial charge in [-0.15, -0.1) is 0 Å². The molecule has 2 N–H and O–H groups in total. The van der Waals surface area contributed by atoms with E-state index in [2.05, 4.69) is 6.07 Å². The summed E-state index contributed by atoms with van der Waals surface area (Å²) in [5.41, 5.74) is 7.10. The van der Waals surface area contributed by atoms with E-state index in [-0.39, 0.29) is 18.1 Å². The van der Waals surface area contributed by atoms with Crippen LogP contribution in [0.2, 0.25) is 0 Å². The molecule has 2 rings (SSSR count). The highest BCUT2D eigenvalue weighted by molar-refractivity contribution is 5.93. The summed E-state index contributed by atoms with van der Waals surface area (Å²) in [5.74, 6) is -0.198. The average molecular weight is 342 g/mol. The fourth-order valence-corrected chi connectivity index (χ4v) is 2.83. The summed E-state index contributed by atoms with van der Waals surface area (Å²) in [6, 6.07) is 9.35. The molecule has 1 aliphatic heterocycles. The highest BCUT2D eigenvalue weighted by atomic mass is 16.5. The first-order chi connectivity index (χ1) is 12.1. The molecule has 1 aliphatic rings. The van der Waals surface area contributed by atoms with E-state index in [1.165, 1.54) is 0 Å². The Bertz CT molecular complexity index is 759. The Morgan fingerprint density at radius 2 is 2.00 bits per heavy atom. The van der Waals surface area contributed by atoms with E-state index in [1.54, 1.807) is 13.0 Å². The van der Waals surface area contributed by atoms with Gasteiger partial charge in [-0.05, 0) is 19.9 Å². The fraction of sp³-hybridized carbons (Fsp3) is 0.368. The van der Waals surface area contributed by atoms with Crippen LogP contribution in [0, 0.1) is 11.3 Å². The molecular formula is C19H22N2O4. The van der Waals surface area contributed by atoms with Crippen molar-refractivity contribution >= 4 is 5.97 Å². The molecule has 0 radical (unpaired) electrons. The Balaban J connectivity index is 2.70. The minimum Gasteiger partial charge on any atom is -0.494 e. The first-order valence-electron chi connectivity index (χ1n) is 8.28. The highest BCUT2D eigenvalue weighted by Crippen LogP contribution is 2.43. The molecule has 1 atom stereocenters. The van der Waals surface area contributed by atoms with E-state index in [1.807, 2.05) is 32.0 Å². The van der Waals surface area contributed by atoms with Gasteiger partial charge in [-0.25, -0.2) is 4.79 Å². The molecular weight excluding hydrogens is 320 g/mol. The van der Waals surface area contributed by atoms with Crippen molar-refractivity contribution in [2.75, 3.05) is 13.2 Å². The van der Waals surface area contributed by atoms with E-state index < -0.39 is 11.9 Å². The van der Waals surface area contributed by atoms with Gasteiger partial charge >= 0.3 is 5.97 Å². The molecule has 0 bridgehead atoms. The van der Waals surface area contributed by atoms with Gasteiger partial charge in [-0.3, -0.25) is 0 Å². The molecule has 0 spiro atoms. The van der Waals surface area contributed by atoms with Crippen molar-refractivity contribution in [2.24, 2.45) is 5.73 Å². The third-order valence-electron chi connectivity index (χ3n) is 3.84. The van der Waals surface area contributed by atoms with Crippen LogP contribution in [-0.2, 0) is 14.3 Å². The molecule has 132 valence electrons. The van der Waals surface area contributed by atoms with Gasteiger partial charge in [0, 0.05) is 12.0 Å². The van der Waals surface area contributed by atoms with Gasteiger partial charge in [0.1, 0.15) is 23.2 Å². The Morgan fingerprint density at radius 1 is 1.28 bits per heavy atom. The van der Waals surface area contributed by atoms with Crippen LogP contribution in [0.1, 0.15) is 38.7 Å². The molecule has 6 nitrogen and oxygen atoms in total. The fourth-order valence-electron chi connectivity index (χ4n) is 2.83. The van der Waals surface area contributed by atoms with Gasteiger partial charge in [-0.1, -0.05) is 25.1 Å². The first-order valence-corrected chi connectivity index (χ1v) is 8.28. The topological polar surface area (TPSA) is 94.6 Å². The number of ether oxygens (including phenoxy) is 3. The number of para-hydroxylation sites is 1. The van der Waals surface area contributed by atoms with Gasteiger partial charge in [0.15, 0.2) is 0 Å². The van der Waals surface area contributed by atoms with Crippen LogP contribution in [0.4, 0.5) is 0 Å². The van der Waals surface area contributed by atoms with Crippen LogP contribution in [0.25, 0.3) is 0 Å². The lowest BCUT2D eigenvalue weighted by molar-refractivity contribution is -0.139. The smallest absolute Gasteiger partial charge is 0.338 e. The van der Waals surface area contributed by atoms with Gasteiger partial charge in [0.05, 0.1) is 24.7 Å². The number of rotatable bonds is 6. The number of allylic oxidation sites excluding steroid dienone is 2. The normalized spacial score (nSPS) is 17.0. The maximum Gasteiger partial charge on any atom is 0.338 e. The molecule has 6 heteroatoms. The van der Waals surface area contributed by atoms with Crippen LogP contribution in [-0.4, -0.2) is 19.2 Å². The maximum atomic E-state index is 12.6. The predicted molar refractivity (Wildman–Crippen MR) is 92.2 cm³/mol. The quantitative estimate of drug-likeness (QED) is 0.798. The summed E-state index contributed by atoms with van der Waals surface area (Å²) in [6.07, 6.45) is 0.445. The molecule has 1 aromatic rings. The van der Waals surface area contributed by atoms with Crippen LogP contribution >= 0.6 is 0 Å². The summed E-state index contributed by atoms with van der Waals surface area (Å²) in [4.78, 5) is 12.6. The molecule has 0 amide bonds. The lowest BCUT2D eigenvalue weighted by Gasteiger charge is -2.28. The van der Waals surface area contributed by atoms with Gasteiger partial charge < -0.3 is 19.9 Å². The van der Waals surface area contributed by atoms with Crippen molar-refractivity contribution in [1.82, 2.24) is 0 Å². The molecule has 0 aromatic heterocycles. The minimum absolute atomic E-state index is 0.00343. The summed E-state index contributed by atoms with van der Waals surface area (Å²) in [5, 5.41) is 9.62. The van der Waals surface area contributed by atoms with Crippen molar-refractivity contribution in [3.8, 4) is 11.8 Å². The predicted octanol–water partition coefficient (Wildman–Crippen LogP) is 3.12. The average Bonchev–Trinajstić information content (AvgIpc) is 2.61. The Morgan fingerprint density at radius 3 is 2.60 bits per heavy atom. The third kappa shape index (κ3) is 3.61. The number of carbonyl (C=O) groups is 1. The maximum absolute atomic E-state index is 12.6. The summed E-state index contributed by atoms with van der Waals surface area (Å²) < 4.78 is 16.4. The number of nitriles is 1. The van der Waals surface area contributed by atoms with E-state index in [4.69, 9.17) is 19.9 Å². The number of esters is 1. The largest absolute Gasteiger partial charge is 0.494 e. The summed E-state index contributed by atoms with van der Waals surface area (Å²) >= 11 is 0. The molecule has 1 aromatic carbocycles. The zero-order chi connectivity index (χ0) is 18.4. The number of carbonyl (C=O) groups excluding carboxylic acids is 1. The SMILES string of the molecule is CCOC(=O)C1=C(CC)OC(N)=C(C#N)C1c1ccccc1OCC. The number of hydrogen-bond donors (Lipinski definition) is 1. The Labute approximate surface area is 147 Å². The molecule has 1 heterocycles. The van der Waals surface area contributed by atoms with Gasteiger partial charge in [0.2, 0.25) is 5.88 Å². The molecule has 1 unspecified atom stereocenters. The van der Waals surface area contributed by atoms with Crippen LogP contribution in [0.3, 0.4) is 0 Å². The van der Waals surface area contributed by atoms with E-state index in [0.717, 1.165) is 0 Å². The lowest BCUT2D eigenvalue weighted by atomic mass is 9.82. The summed E-state index contributed by atoms with van der Waals surface area (Å²) in [7, 11) is 0. The summed E-state index contributed by atoms with van der Waals surface area (Å²) in [6.45, 7) is 6.13. The Kier molecular flexibility index (Phi) is 6.07. The molecule has 0 fully saturated rings. The van der Waals surface area contributed by atoms with Crippen LogP contribution in [0.15, 0.2) is 47.1 Å².